The Bertz CT molecular complexity index is 802. The quantitative estimate of drug-likeness (QED) is 0.659. The van der Waals surface area contributed by atoms with Crippen LogP contribution in [-0.2, 0) is 31.4 Å². The summed E-state index contributed by atoms with van der Waals surface area (Å²) in [5, 5.41) is 0.0284. The van der Waals surface area contributed by atoms with Gasteiger partial charge in [0.1, 0.15) is 5.82 Å². The predicted octanol–water partition coefficient (Wildman–Crippen LogP) is 0.685. The second-order valence-electron chi connectivity index (χ2n) is 7.46. The second-order valence-corrected chi connectivity index (χ2v) is 9.35. The fraction of sp³-hybridized carbons (Fsp3) is 0.722. The van der Waals surface area contributed by atoms with Crippen LogP contribution in [0.2, 0.25) is 0 Å². The number of nitrogens with zero attached hydrogens (tertiary/aromatic N) is 4. The molecule has 0 saturated carbocycles. The van der Waals surface area contributed by atoms with E-state index in [-0.39, 0.29) is 36.5 Å². The maximum atomic E-state index is 12.7. The number of esters is 1. The molecule has 0 aromatic carbocycles. The van der Waals surface area contributed by atoms with E-state index < -0.39 is 16.0 Å². The standard InChI is InChI=1S/C18H28N4O5S/c1-14-19-16(12-20(14)2)28(25,26)22-10-6-15(7-11-22)18(24)27-13-17(23)21-8-4-3-5-9-21/h12,15H,3-11,13H2,1-2H3. The molecule has 3 rings (SSSR count). The van der Waals surface area contributed by atoms with Crippen molar-refractivity contribution in [2.45, 2.75) is 44.1 Å². The van der Waals surface area contributed by atoms with Gasteiger partial charge in [0, 0.05) is 39.4 Å². The lowest BCUT2D eigenvalue weighted by molar-refractivity contribution is -0.156. The lowest BCUT2D eigenvalue weighted by atomic mass is 9.98. The van der Waals surface area contributed by atoms with Crippen LogP contribution in [-0.4, -0.2) is 71.8 Å². The molecule has 2 saturated heterocycles. The van der Waals surface area contributed by atoms with Crippen LogP contribution in [0, 0.1) is 12.8 Å². The minimum atomic E-state index is -3.66. The molecule has 0 spiro atoms. The largest absolute Gasteiger partial charge is 0.455 e. The number of carbonyl (C=O) groups excluding carboxylic acids is 2. The van der Waals surface area contributed by atoms with Crippen LogP contribution < -0.4 is 0 Å². The van der Waals surface area contributed by atoms with Gasteiger partial charge in [-0.2, -0.15) is 4.31 Å². The first kappa shape index (κ1) is 20.8. The van der Waals surface area contributed by atoms with E-state index in [0.717, 1.165) is 32.4 Å². The van der Waals surface area contributed by atoms with Gasteiger partial charge in [0.15, 0.2) is 11.6 Å². The zero-order chi connectivity index (χ0) is 20.3. The highest BCUT2D eigenvalue weighted by molar-refractivity contribution is 7.89. The Morgan fingerprint density at radius 2 is 1.79 bits per heavy atom. The number of sulfonamides is 1. The van der Waals surface area contributed by atoms with E-state index in [9.17, 15) is 18.0 Å². The highest BCUT2D eigenvalue weighted by atomic mass is 32.2. The second kappa shape index (κ2) is 8.60. The smallest absolute Gasteiger partial charge is 0.309 e. The van der Waals surface area contributed by atoms with Crippen molar-refractivity contribution < 1.29 is 22.7 Å². The van der Waals surface area contributed by atoms with Crippen molar-refractivity contribution in [3.8, 4) is 0 Å². The highest BCUT2D eigenvalue weighted by Crippen LogP contribution is 2.24. The van der Waals surface area contributed by atoms with Gasteiger partial charge in [-0.15, -0.1) is 0 Å². The molecular formula is C18H28N4O5S. The van der Waals surface area contributed by atoms with Gasteiger partial charge in [-0.05, 0) is 39.0 Å². The van der Waals surface area contributed by atoms with E-state index >= 15 is 0 Å². The Kier molecular flexibility index (Phi) is 6.39. The number of imidazole rings is 1. The lowest BCUT2D eigenvalue weighted by Crippen LogP contribution is -2.42. The van der Waals surface area contributed by atoms with E-state index in [2.05, 4.69) is 4.98 Å². The normalized spacial score (nSPS) is 19.6. The van der Waals surface area contributed by atoms with Crippen molar-refractivity contribution in [1.29, 1.82) is 0 Å². The predicted molar refractivity (Wildman–Crippen MR) is 101 cm³/mol. The monoisotopic (exact) mass is 412 g/mol. The van der Waals surface area contributed by atoms with Gasteiger partial charge >= 0.3 is 5.97 Å². The van der Waals surface area contributed by atoms with Crippen LogP contribution in [0.25, 0.3) is 0 Å². The number of amides is 1. The van der Waals surface area contributed by atoms with Crippen LogP contribution in [0.4, 0.5) is 0 Å². The van der Waals surface area contributed by atoms with Crippen LogP contribution in [0.5, 0.6) is 0 Å². The van der Waals surface area contributed by atoms with Crippen LogP contribution in [0.3, 0.4) is 0 Å². The summed E-state index contributed by atoms with van der Waals surface area (Å²) in [6.07, 6.45) is 5.36. The third-order valence-electron chi connectivity index (χ3n) is 5.52. The Balaban J connectivity index is 1.49. The third kappa shape index (κ3) is 4.54. The summed E-state index contributed by atoms with van der Waals surface area (Å²) in [5.41, 5.74) is 0. The molecule has 0 N–H and O–H groups in total. The summed E-state index contributed by atoms with van der Waals surface area (Å²) in [7, 11) is -1.92. The van der Waals surface area contributed by atoms with Gasteiger partial charge in [-0.3, -0.25) is 9.59 Å². The van der Waals surface area contributed by atoms with Crippen LogP contribution in [0.15, 0.2) is 11.2 Å². The Hall–Kier alpha value is -1.94. The summed E-state index contributed by atoms with van der Waals surface area (Å²) in [6, 6.07) is 0. The first-order chi connectivity index (χ1) is 13.3. The highest BCUT2D eigenvalue weighted by Gasteiger charge is 2.34. The summed E-state index contributed by atoms with van der Waals surface area (Å²) in [4.78, 5) is 30.2. The summed E-state index contributed by atoms with van der Waals surface area (Å²) in [6.45, 7) is 3.42. The fourth-order valence-corrected chi connectivity index (χ4v) is 5.09. The SMILES string of the molecule is Cc1nc(S(=O)(=O)N2CCC(C(=O)OCC(=O)N3CCCCC3)CC2)cn1C. The van der Waals surface area contributed by atoms with Crippen molar-refractivity contribution >= 4 is 21.9 Å². The number of carbonyl (C=O) groups is 2. The molecule has 1 aromatic rings. The van der Waals surface area contributed by atoms with Gasteiger partial charge in [0.2, 0.25) is 0 Å². The third-order valence-corrected chi connectivity index (χ3v) is 7.29. The molecule has 0 bridgehead atoms. The molecule has 3 heterocycles. The molecule has 9 nitrogen and oxygen atoms in total. The molecule has 10 heteroatoms. The molecule has 156 valence electrons. The van der Waals surface area contributed by atoms with Crippen LogP contribution >= 0.6 is 0 Å². The van der Waals surface area contributed by atoms with Gasteiger partial charge in [0.25, 0.3) is 15.9 Å². The number of piperidine rings is 2. The van der Waals surface area contributed by atoms with E-state index in [1.807, 2.05) is 0 Å². The molecule has 0 unspecified atom stereocenters. The molecule has 0 radical (unpaired) electrons. The van der Waals surface area contributed by atoms with Gasteiger partial charge < -0.3 is 14.2 Å². The first-order valence-corrected chi connectivity index (χ1v) is 11.2. The maximum absolute atomic E-state index is 12.7. The molecule has 0 atom stereocenters. The number of hydrogen-bond acceptors (Lipinski definition) is 6. The topological polar surface area (TPSA) is 102 Å². The molecule has 2 aliphatic rings. The number of rotatable bonds is 5. The van der Waals surface area contributed by atoms with Crippen molar-refractivity contribution in [2.24, 2.45) is 13.0 Å². The van der Waals surface area contributed by atoms with Crippen molar-refractivity contribution in [1.82, 2.24) is 18.8 Å². The van der Waals surface area contributed by atoms with E-state index in [0.29, 0.717) is 18.7 Å². The Morgan fingerprint density at radius 3 is 2.36 bits per heavy atom. The lowest BCUT2D eigenvalue weighted by Gasteiger charge is -2.30. The number of aryl methyl sites for hydroxylation is 2. The molecule has 2 fully saturated rings. The van der Waals surface area contributed by atoms with Crippen molar-refractivity contribution in [3.63, 3.8) is 0 Å². The van der Waals surface area contributed by atoms with Crippen molar-refractivity contribution in [2.75, 3.05) is 32.8 Å². The van der Waals surface area contributed by atoms with Crippen molar-refractivity contribution in [3.05, 3.63) is 12.0 Å². The van der Waals surface area contributed by atoms with E-state index in [4.69, 9.17) is 4.74 Å². The van der Waals surface area contributed by atoms with E-state index in [1.54, 1.807) is 23.4 Å². The summed E-state index contributed by atoms with van der Waals surface area (Å²) < 4.78 is 33.6. The number of aromatic nitrogens is 2. The molecule has 1 aromatic heterocycles. The summed E-state index contributed by atoms with van der Waals surface area (Å²) in [5.74, 6) is -0.337. The van der Waals surface area contributed by atoms with Gasteiger partial charge in [-0.25, -0.2) is 13.4 Å². The number of ether oxygens (including phenoxy) is 1. The fourth-order valence-electron chi connectivity index (χ4n) is 3.60. The zero-order valence-electron chi connectivity index (χ0n) is 16.5. The first-order valence-electron chi connectivity index (χ1n) is 9.73. The maximum Gasteiger partial charge on any atom is 0.309 e. The molecule has 0 aliphatic carbocycles. The number of hydrogen-bond donors (Lipinski definition) is 0. The van der Waals surface area contributed by atoms with E-state index in [1.165, 1.54) is 10.5 Å². The molecule has 2 aliphatic heterocycles. The molecule has 1 amide bonds. The van der Waals surface area contributed by atoms with Gasteiger partial charge in [-0.1, -0.05) is 0 Å². The average molecular weight is 413 g/mol. The van der Waals surface area contributed by atoms with Crippen LogP contribution in [0.1, 0.15) is 37.9 Å². The minimum Gasteiger partial charge on any atom is -0.455 e. The van der Waals surface area contributed by atoms with Gasteiger partial charge in [0.05, 0.1) is 5.92 Å². The Morgan fingerprint density at radius 1 is 1.14 bits per heavy atom. The average Bonchev–Trinajstić information content (AvgIpc) is 3.06. The minimum absolute atomic E-state index is 0.0284. The Labute approximate surface area is 165 Å². The molecular weight excluding hydrogens is 384 g/mol. The number of likely N-dealkylation sites (tertiary alicyclic amines) is 1. The summed E-state index contributed by atoms with van der Waals surface area (Å²) >= 11 is 0. The molecule has 28 heavy (non-hydrogen) atoms. The zero-order valence-corrected chi connectivity index (χ0v) is 17.3.